The van der Waals surface area contributed by atoms with Crippen LogP contribution in [0.2, 0.25) is 5.02 Å². The number of nitrogens with one attached hydrogen (secondary N) is 4. The number of pyridine rings is 1. The fourth-order valence-electron chi connectivity index (χ4n) is 5.07. The summed E-state index contributed by atoms with van der Waals surface area (Å²) in [7, 11) is 3.94. The highest BCUT2D eigenvalue weighted by Crippen LogP contribution is 2.38. The van der Waals surface area contributed by atoms with Gasteiger partial charge in [0.25, 0.3) is 0 Å². The van der Waals surface area contributed by atoms with E-state index in [1.807, 2.05) is 37.8 Å². The van der Waals surface area contributed by atoms with Crippen LogP contribution in [-0.4, -0.2) is 40.2 Å². The molecule has 0 amide bonds. The number of hydrogen-bond donors (Lipinski definition) is 4. The Hall–Kier alpha value is -4.27. The Labute approximate surface area is 237 Å². The molecular weight excluding hydrogens is 528 g/mol. The van der Waals surface area contributed by atoms with E-state index >= 15 is 0 Å². The molecule has 1 unspecified atom stereocenters. The van der Waals surface area contributed by atoms with E-state index in [1.54, 1.807) is 24.5 Å². The number of anilines is 2. The van der Waals surface area contributed by atoms with Gasteiger partial charge in [0.1, 0.15) is 19.7 Å². The molecule has 2 aliphatic rings. The van der Waals surface area contributed by atoms with Gasteiger partial charge < -0.3 is 16.1 Å². The van der Waals surface area contributed by atoms with Gasteiger partial charge in [-0.3, -0.25) is 14.7 Å². The maximum absolute atomic E-state index is 13.9. The van der Waals surface area contributed by atoms with Crippen LogP contribution in [0, 0.1) is 17.1 Å². The second-order valence-corrected chi connectivity index (χ2v) is 10.7. The Morgan fingerprint density at radius 1 is 1.25 bits per heavy atom. The van der Waals surface area contributed by atoms with Gasteiger partial charge in [0, 0.05) is 61.4 Å². The highest BCUT2D eigenvalue weighted by molar-refractivity contribution is 6.36. The fraction of sp³-hybridized carbons (Fsp3) is 0.250. The maximum Gasteiger partial charge on any atom is 0.148 e. The summed E-state index contributed by atoms with van der Waals surface area (Å²) in [5.41, 5.74) is 11.0. The van der Waals surface area contributed by atoms with E-state index in [-0.39, 0.29) is 5.82 Å². The number of fused-ring (bicyclic) bond motifs is 1. The molecule has 1 aliphatic heterocycles. The predicted octanol–water partition coefficient (Wildman–Crippen LogP) is 3.51. The summed E-state index contributed by atoms with van der Waals surface area (Å²) < 4.78 is 15.7. The molecule has 12 heteroatoms. The number of aryl methyl sites for hydroxylation is 1. The smallest absolute Gasteiger partial charge is 0.148 e. The van der Waals surface area contributed by atoms with Gasteiger partial charge in [0.15, 0.2) is 0 Å². The van der Waals surface area contributed by atoms with Crippen LogP contribution >= 0.6 is 11.6 Å². The number of benzene rings is 2. The quantitative estimate of drug-likeness (QED) is 0.233. The fourth-order valence-corrected chi connectivity index (χ4v) is 5.34. The molecule has 1 saturated carbocycles. The Kier molecular flexibility index (Phi) is 6.74. The molecule has 1 fully saturated rings. The van der Waals surface area contributed by atoms with Crippen LogP contribution in [0.1, 0.15) is 29.7 Å². The van der Waals surface area contributed by atoms with Crippen LogP contribution in [0.3, 0.4) is 0 Å². The lowest BCUT2D eigenvalue weighted by molar-refractivity contribution is 0.260. The summed E-state index contributed by atoms with van der Waals surface area (Å²) in [4.78, 5) is 4.49. The molecule has 202 valence electrons. The first-order valence-electron chi connectivity index (χ1n) is 13.2. The molecule has 9 nitrogen and oxygen atoms in total. The highest BCUT2D eigenvalue weighted by Gasteiger charge is 2.38. The molecule has 40 heavy (non-hydrogen) atoms. The summed E-state index contributed by atoms with van der Waals surface area (Å²) in [6.07, 6.45) is 8.35. The lowest BCUT2D eigenvalue weighted by atomic mass is 9.69. The van der Waals surface area contributed by atoms with Crippen molar-refractivity contribution < 1.29 is 4.39 Å². The Bertz CT molecular complexity index is 1640. The van der Waals surface area contributed by atoms with Crippen LogP contribution in [-0.2, 0) is 18.9 Å². The monoisotopic (exact) mass is 555 g/mol. The van der Waals surface area contributed by atoms with Crippen LogP contribution in [0.15, 0.2) is 66.8 Å². The predicted molar refractivity (Wildman–Crippen MR) is 156 cm³/mol. The van der Waals surface area contributed by atoms with Gasteiger partial charge in [-0.05, 0) is 48.7 Å². The zero-order valence-corrected chi connectivity index (χ0v) is 22.9. The van der Waals surface area contributed by atoms with Gasteiger partial charge in [-0.2, -0.15) is 10.4 Å². The molecule has 1 aliphatic carbocycles. The second-order valence-electron chi connectivity index (χ2n) is 10.3. The minimum atomic E-state index is -0.769. The average Bonchev–Trinajstić information content (AvgIpc) is 3.52. The molecule has 6 rings (SSSR count). The maximum atomic E-state index is 13.9. The van der Waals surface area contributed by atoms with Crippen molar-refractivity contribution in [2.45, 2.75) is 30.7 Å². The summed E-state index contributed by atoms with van der Waals surface area (Å²) in [6.45, 7) is 0.593. The third-order valence-corrected chi connectivity index (χ3v) is 7.82. The lowest BCUT2D eigenvalue weighted by Crippen LogP contribution is -2.45. The van der Waals surface area contributed by atoms with Crippen molar-refractivity contribution in [3.8, 4) is 6.07 Å². The van der Waals surface area contributed by atoms with Crippen molar-refractivity contribution in [1.29, 1.82) is 5.26 Å². The van der Waals surface area contributed by atoms with Crippen LogP contribution in [0.25, 0.3) is 10.9 Å². The van der Waals surface area contributed by atoms with Crippen molar-refractivity contribution in [3.05, 3.63) is 94.4 Å². The molecular formula is C28H28BClFN9. The van der Waals surface area contributed by atoms with Gasteiger partial charge >= 0.3 is 0 Å². The normalized spacial score (nSPS) is 16.2. The number of aromatic nitrogens is 3. The molecule has 0 spiro atoms. The largest absolute Gasteiger partial charge is 0.383 e. The average molecular weight is 556 g/mol. The molecule has 4 N–H and O–H groups in total. The third-order valence-electron chi connectivity index (χ3n) is 7.53. The highest BCUT2D eigenvalue weighted by atomic mass is 35.5. The third kappa shape index (κ3) is 4.92. The molecule has 1 atom stereocenters. The zero-order valence-electron chi connectivity index (χ0n) is 22.2. The number of halogens is 2. The van der Waals surface area contributed by atoms with Crippen LogP contribution in [0.4, 0.5) is 15.8 Å². The Morgan fingerprint density at radius 2 is 2.05 bits per heavy atom. The van der Waals surface area contributed by atoms with E-state index in [9.17, 15) is 9.65 Å². The van der Waals surface area contributed by atoms with Crippen molar-refractivity contribution in [2.24, 2.45) is 7.05 Å². The molecule has 0 saturated heterocycles. The number of nitrogens with zero attached hydrogens (tertiary/aromatic N) is 5. The number of nitriles is 1. The summed E-state index contributed by atoms with van der Waals surface area (Å²) >= 11 is 6.77. The van der Waals surface area contributed by atoms with Gasteiger partial charge in [-0.25, -0.2) is 4.39 Å². The van der Waals surface area contributed by atoms with Crippen LogP contribution in [0.5, 0.6) is 0 Å². The minimum Gasteiger partial charge on any atom is -0.383 e. The molecule has 0 bridgehead atoms. The van der Waals surface area contributed by atoms with E-state index in [1.165, 1.54) is 12.1 Å². The van der Waals surface area contributed by atoms with Gasteiger partial charge in [0.2, 0.25) is 0 Å². The Morgan fingerprint density at radius 3 is 2.75 bits per heavy atom. The van der Waals surface area contributed by atoms with Crippen molar-refractivity contribution in [1.82, 2.24) is 30.7 Å². The molecule has 2 aromatic carbocycles. The first-order chi connectivity index (χ1) is 19.4. The van der Waals surface area contributed by atoms with E-state index < -0.39 is 5.44 Å². The first-order valence-corrected chi connectivity index (χ1v) is 13.5. The number of hydrazine groups is 2. The molecule has 2 aromatic heterocycles. The second kappa shape index (κ2) is 10.4. The summed E-state index contributed by atoms with van der Waals surface area (Å²) in [5.74, 6) is -0.303. The standard InChI is InChI=1S/C28H28BClFN9/c1-39-21(9-11-35-39)8-10-33-26-17(14-32)15-34-27-23(26)12-20(13-24(27)30)36-28(29,18-2-4-19(31)5-3-18)25-16-40(38-37-25)22-6-7-22/h2-5,9,11-13,15-16,22,36-38H,6-8,10,29H2,1H3,(H,33,34). The van der Waals surface area contributed by atoms with Crippen molar-refractivity contribution >= 4 is 41.7 Å². The van der Waals surface area contributed by atoms with Gasteiger partial charge in [0.05, 0.1) is 32.9 Å². The number of hydrogen-bond acceptors (Lipinski definition) is 8. The molecule has 4 aromatic rings. The zero-order chi connectivity index (χ0) is 27.9. The van der Waals surface area contributed by atoms with E-state index in [2.05, 4.69) is 49.0 Å². The van der Waals surface area contributed by atoms with Crippen molar-refractivity contribution in [3.63, 3.8) is 0 Å². The van der Waals surface area contributed by atoms with Crippen LogP contribution < -0.4 is 21.6 Å². The summed E-state index contributed by atoms with van der Waals surface area (Å²) in [5, 5.41) is 24.4. The van der Waals surface area contributed by atoms with E-state index in [0.717, 1.165) is 47.3 Å². The molecule has 3 heterocycles. The van der Waals surface area contributed by atoms with Gasteiger partial charge in [-0.1, -0.05) is 23.7 Å². The number of rotatable bonds is 9. The van der Waals surface area contributed by atoms with E-state index in [4.69, 9.17) is 11.6 Å². The lowest BCUT2D eigenvalue weighted by Gasteiger charge is -2.34. The summed E-state index contributed by atoms with van der Waals surface area (Å²) in [6, 6.07) is 14.9. The van der Waals surface area contributed by atoms with E-state index in [0.29, 0.717) is 34.4 Å². The SMILES string of the molecule is BC(Nc1cc(Cl)c2ncc(C#N)c(NCCc3ccnn3C)c2c1)(C1=CN(C2CC2)NN1)c1ccc(F)cc1. The molecule has 0 radical (unpaired) electrons. The first kappa shape index (κ1) is 26.0. The minimum absolute atomic E-state index is 0.303. The Balaban J connectivity index is 1.38. The van der Waals surface area contributed by atoms with Crippen molar-refractivity contribution in [2.75, 3.05) is 17.2 Å². The van der Waals surface area contributed by atoms with Gasteiger partial charge in [-0.15, -0.1) is 5.53 Å². The topological polar surface area (TPSA) is 106 Å².